The van der Waals surface area contributed by atoms with Crippen LogP contribution in [-0.4, -0.2) is 23.3 Å². The van der Waals surface area contributed by atoms with E-state index in [0.717, 1.165) is 0 Å². The van der Waals surface area contributed by atoms with Gasteiger partial charge in [-0.2, -0.15) is 0 Å². The zero-order valence-electron chi connectivity index (χ0n) is 11.2. The van der Waals surface area contributed by atoms with Gasteiger partial charge in [0.25, 0.3) is 11.6 Å². The minimum Gasteiger partial charge on any atom is -0.393 e. The highest BCUT2D eigenvalue weighted by Gasteiger charge is 2.26. The van der Waals surface area contributed by atoms with Crippen LogP contribution in [0, 0.1) is 15.5 Å². The predicted octanol–water partition coefficient (Wildman–Crippen LogP) is 0.418. The molecular formula is C12H16N4O4. The number of primary amides is 1. The predicted molar refractivity (Wildman–Crippen MR) is 72.8 cm³/mol. The zero-order valence-corrected chi connectivity index (χ0v) is 11.2. The highest BCUT2D eigenvalue weighted by Crippen LogP contribution is 2.24. The second-order valence-electron chi connectivity index (χ2n) is 4.93. The first-order chi connectivity index (χ1) is 9.16. The van der Waals surface area contributed by atoms with Crippen LogP contribution >= 0.6 is 0 Å². The van der Waals surface area contributed by atoms with E-state index in [0.29, 0.717) is 0 Å². The first-order valence-corrected chi connectivity index (χ1v) is 5.78. The van der Waals surface area contributed by atoms with Gasteiger partial charge in [-0.3, -0.25) is 19.7 Å². The normalized spacial score (nSPS) is 10.9. The van der Waals surface area contributed by atoms with Crippen molar-refractivity contribution < 1.29 is 14.5 Å². The van der Waals surface area contributed by atoms with Gasteiger partial charge in [0.15, 0.2) is 0 Å². The molecule has 2 amide bonds. The quantitative estimate of drug-likeness (QED) is 0.407. The number of hydrogen-bond acceptors (Lipinski definition) is 5. The Bertz CT molecular complexity index is 569. The van der Waals surface area contributed by atoms with Crippen LogP contribution in [0.3, 0.4) is 0 Å². The molecule has 0 saturated carbocycles. The molecule has 0 aliphatic rings. The third-order valence-electron chi connectivity index (χ3n) is 2.88. The van der Waals surface area contributed by atoms with Crippen LogP contribution in [0.15, 0.2) is 18.2 Å². The maximum Gasteiger partial charge on any atom is 0.292 e. The monoisotopic (exact) mass is 280 g/mol. The van der Waals surface area contributed by atoms with Gasteiger partial charge in [0.1, 0.15) is 5.69 Å². The number of nitro benzene ring substituents is 1. The van der Waals surface area contributed by atoms with Crippen LogP contribution in [0.2, 0.25) is 0 Å². The average Bonchev–Trinajstić information content (AvgIpc) is 2.35. The summed E-state index contributed by atoms with van der Waals surface area (Å²) in [5.74, 6) is -1.16. The molecule has 20 heavy (non-hydrogen) atoms. The molecule has 0 unspecified atom stereocenters. The number of para-hydroxylation sites is 1. The number of nitro groups is 1. The Labute approximate surface area is 115 Å². The SMILES string of the molecule is CC(C)(CNC(=O)c1cccc([N+](=O)[O-])c1N)C(N)=O. The number of benzene rings is 1. The number of rotatable bonds is 5. The largest absolute Gasteiger partial charge is 0.393 e. The molecule has 0 fully saturated rings. The number of nitrogens with two attached hydrogens (primary N) is 2. The fourth-order valence-electron chi connectivity index (χ4n) is 1.39. The molecule has 0 aliphatic heterocycles. The van der Waals surface area contributed by atoms with Gasteiger partial charge in [0.2, 0.25) is 5.91 Å². The van der Waals surface area contributed by atoms with Gasteiger partial charge in [-0.05, 0) is 19.9 Å². The Balaban J connectivity index is 2.92. The van der Waals surface area contributed by atoms with Crippen molar-refractivity contribution in [3.8, 4) is 0 Å². The molecule has 0 heterocycles. The molecule has 8 nitrogen and oxygen atoms in total. The Kier molecular flexibility index (Phi) is 4.28. The van der Waals surface area contributed by atoms with Crippen LogP contribution in [0.1, 0.15) is 24.2 Å². The molecule has 0 radical (unpaired) electrons. The lowest BCUT2D eigenvalue weighted by atomic mass is 9.92. The molecule has 1 aromatic rings. The van der Waals surface area contributed by atoms with E-state index < -0.39 is 22.2 Å². The molecule has 108 valence electrons. The van der Waals surface area contributed by atoms with Gasteiger partial charge in [0, 0.05) is 12.6 Å². The van der Waals surface area contributed by atoms with Gasteiger partial charge in [-0.15, -0.1) is 0 Å². The molecule has 0 aliphatic carbocycles. The first-order valence-electron chi connectivity index (χ1n) is 5.78. The summed E-state index contributed by atoms with van der Waals surface area (Å²) in [5.41, 5.74) is 9.28. The Morgan fingerprint density at radius 3 is 2.50 bits per heavy atom. The van der Waals surface area contributed by atoms with Crippen molar-refractivity contribution >= 4 is 23.2 Å². The average molecular weight is 280 g/mol. The fourth-order valence-corrected chi connectivity index (χ4v) is 1.39. The topological polar surface area (TPSA) is 141 Å². The molecule has 0 spiro atoms. The van der Waals surface area contributed by atoms with Crippen molar-refractivity contribution in [3.63, 3.8) is 0 Å². The van der Waals surface area contributed by atoms with Crippen LogP contribution in [0.4, 0.5) is 11.4 Å². The van der Waals surface area contributed by atoms with Crippen LogP contribution in [-0.2, 0) is 4.79 Å². The molecule has 0 bridgehead atoms. The third kappa shape index (κ3) is 3.22. The van der Waals surface area contributed by atoms with E-state index in [2.05, 4.69) is 5.32 Å². The highest BCUT2D eigenvalue weighted by molar-refractivity contribution is 6.01. The van der Waals surface area contributed by atoms with E-state index in [1.165, 1.54) is 18.2 Å². The Morgan fingerprint density at radius 1 is 1.40 bits per heavy atom. The van der Waals surface area contributed by atoms with Gasteiger partial charge in [0.05, 0.1) is 15.9 Å². The molecule has 8 heteroatoms. The molecule has 0 atom stereocenters. The van der Waals surface area contributed by atoms with Crippen molar-refractivity contribution in [2.75, 3.05) is 12.3 Å². The maximum atomic E-state index is 11.9. The van der Waals surface area contributed by atoms with Gasteiger partial charge in [-0.1, -0.05) is 6.07 Å². The smallest absolute Gasteiger partial charge is 0.292 e. The maximum absolute atomic E-state index is 11.9. The Hall–Kier alpha value is -2.64. The minimum absolute atomic E-state index is 0.00327. The van der Waals surface area contributed by atoms with Crippen LogP contribution < -0.4 is 16.8 Å². The molecule has 0 aromatic heterocycles. The Morgan fingerprint density at radius 2 is 2.00 bits per heavy atom. The molecule has 1 aromatic carbocycles. The van der Waals surface area contributed by atoms with Crippen LogP contribution in [0.25, 0.3) is 0 Å². The second kappa shape index (κ2) is 5.55. The standard InChI is InChI=1S/C12H16N4O4/c1-12(2,11(14)18)6-15-10(17)7-4-3-5-8(9(7)13)16(19)20/h3-5H,6,13H2,1-2H3,(H2,14,18)(H,15,17). The van der Waals surface area contributed by atoms with Crippen molar-refractivity contribution in [3.05, 3.63) is 33.9 Å². The summed E-state index contributed by atoms with van der Waals surface area (Å²) < 4.78 is 0. The number of nitrogen functional groups attached to an aromatic ring is 1. The van der Waals surface area contributed by atoms with Crippen LogP contribution in [0.5, 0.6) is 0 Å². The first kappa shape index (κ1) is 15.4. The minimum atomic E-state index is -0.925. The van der Waals surface area contributed by atoms with E-state index in [1.807, 2.05) is 0 Å². The zero-order chi connectivity index (χ0) is 15.5. The number of hydrogen-bond donors (Lipinski definition) is 3. The van der Waals surface area contributed by atoms with E-state index in [9.17, 15) is 19.7 Å². The summed E-state index contributed by atoms with van der Waals surface area (Å²) >= 11 is 0. The lowest BCUT2D eigenvalue weighted by molar-refractivity contribution is -0.383. The molecule has 0 saturated heterocycles. The van der Waals surface area contributed by atoms with Crippen molar-refractivity contribution in [1.29, 1.82) is 0 Å². The number of carbonyl (C=O) groups excluding carboxylic acids is 2. The summed E-state index contributed by atoms with van der Waals surface area (Å²) in [4.78, 5) is 33.1. The van der Waals surface area contributed by atoms with Crippen molar-refractivity contribution in [1.82, 2.24) is 5.32 Å². The number of amides is 2. The molecular weight excluding hydrogens is 264 g/mol. The third-order valence-corrected chi connectivity index (χ3v) is 2.88. The molecule has 1 rings (SSSR count). The number of anilines is 1. The summed E-state index contributed by atoms with van der Waals surface area (Å²) in [5, 5.41) is 13.2. The number of carbonyl (C=O) groups is 2. The van der Waals surface area contributed by atoms with Gasteiger partial charge >= 0.3 is 0 Å². The van der Waals surface area contributed by atoms with Crippen molar-refractivity contribution in [2.45, 2.75) is 13.8 Å². The van der Waals surface area contributed by atoms with E-state index in [1.54, 1.807) is 13.8 Å². The summed E-state index contributed by atoms with van der Waals surface area (Å²) in [6, 6.07) is 3.94. The van der Waals surface area contributed by atoms with Gasteiger partial charge in [-0.25, -0.2) is 0 Å². The lowest BCUT2D eigenvalue weighted by Gasteiger charge is -2.20. The number of nitrogens with one attached hydrogen (secondary N) is 1. The van der Waals surface area contributed by atoms with E-state index in [4.69, 9.17) is 11.5 Å². The summed E-state index contributed by atoms with van der Waals surface area (Å²) in [7, 11) is 0. The summed E-state index contributed by atoms with van der Waals surface area (Å²) in [6.45, 7) is 3.15. The van der Waals surface area contributed by atoms with E-state index in [-0.39, 0.29) is 23.5 Å². The fraction of sp³-hybridized carbons (Fsp3) is 0.333. The van der Waals surface area contributed by atoms with Gasteiger partial charge < -0.3 is 16.8 Å². The summed E-state index contributed by atoms with van der Waals surface area (Å²) in [6.07, 6.45) is 0. The lowest BCUT2D eigenvalue weighted by Crippen LogP contribution is -2.42. The molecule has 5 N–H and O–H groups in total. The van der Waals surface area contributed by atoms with E-state index >= 15 is 0 Å². The second-order valence-corrected chi connectivity index (χ2v) is 4.93. The number of nitrogens with zero attached hydrogens (tertiary/aromatic N) is 1. The highest BCUT2D eigenvalue weighted by atomic mass is 16.6. The van der Waals surface area contributed by atoms with Crippen molar-refractivity contribution in [2.24, 2.45) is 11.1 Å².